The number of carbonyl (C=O) groups excluding carboxylic acids is 1. The van der Waals surface area contributed by atoms with Crippen LogP contribution < -0.4 is 25.4 Å². The molecule has 0 atom stereocenters. The first kappa shape index (κ1) is 38.6. The van der Waals surface area contributed by atoms with Crippen LogP contribution in [-0.4, -0.2) is 41.9 Å². The van der Waals surface area contributed by atoms with Gasteiger partial charge in [-0.25, -0.2) is 4.79 Å². The fraction of sp³-hybridized carbons (Fsp3) is 0.326. The van der Waals surface area contributed by atoms with E-state index in [0.717, 1.165) is 60.0 Å². The number of carbonyl (C=O) groups is 2. The minimum Gasteiger partial charge on any atom is -0.488 e. The zero-order valence-electron chi connectivity index (χ0n) is 30.8. The van der Waals surface area contributed by atoms with Crippen LogP contribution in [0.15, 0.2) is 102 Å². The maximum absolute atomic E-state index is 13.4. The van der Waals surface area contributed by atoms with Crippen molar-refractivity contribution in [1.82, 2.24) is 21.1 Å². The molecule has 10 heteroatoms. The van der Waals surface area contributed by atoms with Gasteiger partial charge >= 0.3 is 6.09 Å². The molecule has 10 nitrogen and oxygen atoms in total. The first-order valence-corrected chi connectivity index (χ1v) is 18.4. The normalized spacial score (nSPS) is 11.0. The van der Waals surface area contributed by atoms with E-state index in [0.29, 0.717) is 61.2 Å². The molecule has 0 aliphatic rings. The summed E-state index contributed by atoms with van der Waals surface area (Å²) in [6.45, 7) is 9.32. The van der Waals surface area contributed by atoms with Gasteiger partial charge in [0.05, 0.1) is 11.1 Å². The third kappa shape index (κ3) is 11.2. The van der Waals surface area contributed by atoms with Crippen LogP contribution in [0.25, 0.3) is 22.5 Å². The van der Waals surface area contributed by atoms with Crippen molar-refractivity contribution < 1.29 is 28.7 Å². The Hall–Kier alpha value is -5.61. The van der Waals surface area contributed by atoms with Crippen molar-refractivity contribution in [2.45, 2.75) is 72.1 Å². The van der Waals surface area contributed by atoms with E-state index >= 15 is 0 Å². The molecule has 4 aromatic carbocycles. The Balaban J connectivity index is 1.43. The van der Waals surface area contributed by atoms with Gasteiger partial charge in [-0.15, -0.1) is 0 Å². The number of hydrogen-bond donors (Lipinski definition) is 4. The Morgan fingerprint density at radius 1 is 0.755 bits per heavy atom. The molecule has 0 aliphatic heterocycles. The lowest BCUT2D eigenvalue weighted by molar-refractivity contribution is 0.0947. The van der Waals surface area contributed by atoms with Crippen molar-refractivity contribution in [3.8, 4) is 33.9 Å². The molecule has 0 saturated carbocycles. The summed E-state index contributed by atoms with van der Waals surface area (Å²) < 4.78 is 19.1. The van der Waals surface area contributed by atoms with E-state index in [2.05, 4.69) is 35.0 Å². The predicted octanol–water partition coefficient (Wildman–Crippen LogP) is 8.96. The quantitative estimate of drug-likeness (QED) is 0.0586. The molecule has 4 N–H and O–H groups in total. The van der Waals surface area contributed by atoms with Gasteiger partial charge in [-0.3, -0.25) is 4.79 Å². The molecule has 5 aromatic rings. The first-order chi connectivity index (χ1) is 25.8. The number of nitrogens with zero attached hydrogens (tertiary/aromatic N) is 1. The molecule has 0 radical (unpaired) electrons. The topological polar surface area (TPSA) is 135 Å². The Morgan fingerprint density at radius 2 is 1.38 bits per heavy atom. The van der Waals surface area contributed by atoms with Crippen LogP contribution in [0, 0.1) is 0 Å². The first-order valence-electron chi connectivity index (χ1n) is 18.4. The minimum absolute atomic E-state index is 0.109. The van der Waals surface area contributed by atoms with Crippen molar-refractivity contribution in [1.29, 1.82) is 0 Å². The molecular weight excluding hydrogens is 668 g/mol. The van der Waals surface area contributed by atoms with E-state index in [1.54, 1.807) is 0 Å². The molecule has 1 heterocycles. The molecule has 278 valence electrons. The van der Waals surface area contributed by atoms with Gasteiger partial charge in [-0.2, -0.15) is 0 Å². The highest BCUT2D eigenvalue weighted by atomic mass is 16.5. The summed E-state index contributed by atoms with van der Waals surface area (Å²) in [6.07, 6.45) is 2.88. The van der Waals surface area contributed by atoms with Crippen molar-refractivity contribution >= 4 is 12.0 Å². The van der Waals surface area contributed by atoms with Crippen molar-refractivity contribution in [2.24, 2.45) is 0 Å². The minimum atomic E-state index is -0.977. The number of aromatic nitrogens is 1. The van der Waals surface area contributed by atoms with Gasteiger partial charge < -0.3 is 35.1 Å². The lowest BCUT2D eigenvalue weighted by Gasteiger charge is -2.19. The number of amides is 2. The lowest BCUT2D eigenvalue weighted by atomic mass is 9.93. The van der Waals surface area contributed by atoms with Gasteiger partial charge in [-0.1, -0.05) is 117 Å². The van der Waals surface area contributed by atoms with Crippen LogP contribution in [0.3, 0.4) is 0 Å². The molecular formula is C43H50N4O6. The molecule has 1 aromatic heterocycles. The summed E-state index contributed by atoms with van der Waals surface area (Å²) in [5.74, 6) is 1.50. The Morgan fingerprint density at radius 3 is 1.98 bits per heavy atom. The summed E-state index contributed by atoms with van der Waals surface area (Å²) in [7, 11) is 0. The smallest absolute Gasteiger partial charge is 0.404 e. The third-order valence-electron chi connectivity index (χ3n) is 8.83. The second-order valence-corrected chi connectivity index (χ2v) is 13.2. The van der Waals surface area contributed by atoms with Crippen LogP contribution in [0.5, 0.6) is 11.5 Å². The molecule has 0 saturated heterocycles. The van der Waals surface area contributed by atoms with Gasteiger partial charge in [0, 0.05) is 25.7 Å². The number of unbranched alkanes of at least 4 members (excludes halogenated alkanes) is 3. The predicted molar refractivity (Wildman–Crippen MR) is 207 cm³/mol. The third-order valence-corrected chi connectivity index (χ3v) is 8.83. The van der Waals surface area contributed by atoms with E-state index < -0.39 is 6.09 Å². The van der Waals surface area contributed by atoms with Crippen molar-refractivity contribution in [2.75, 3.05) is 19.6 Å². The largest absolute Gasteiger partial charge is 0.488 e. The Labute approximate surface area is 311 Å². The summed E-state index contributed by atoms with van der Waals surface area (Å²) >= 11 is 0. The highest BCUT2D eigenvalue weighted by Gasteiger charge is 2.28. The maximum Gasteiger partial charge on any atom is 0.404 e. The van der Waals surface area contributed by atoms with E-state index in [1.165, 1.54) is 0 Å². The number of rotatable bonds is 20. The van der Waals surface area contributed by atoms with Crippen LogP contribution in [0.1, 0.15) is 85.1 Å². The van der Waals surface area contributed by atoms with Crippen LogP contribution >= 0.6 is 0 Å². The summed E-state index contributed by atoms with van der Waals surface area (Å²) in [6, 6.07) is 32.1. The van der Waals surface area contributed by atoms with E-state index in [1.807, 2.05) is 104 Å². The summed E-state index contributed by atoms with van der Waals surface area (Å²) in [5.41, 5.74) is 6.42. The van der Waals surface area contributed by atoms with E-state index in [9.17, 15) is 9.59 Å². The number of hydrogen-bond acceptors (Lipinski definition) is 7. The number of ether oxygens (including phenoxy) is 2. The van der Waals surface area contributed by atoms with Gasteiger partial charge in [-0.05, 0) is 66.1 Å². The average molecular weight is 719 g/mol. The average Bonchev–Trinajstić information content (AvgIpc) is 3.61. The molecule has 2 amide bonds. The molecule has 0 unspecified atom stereocenters. The zero-order chi connectivity index (χ0) is 37.4. The van der Waals surface area contributed by atoms with E-state index in [4.69, 9.17) is 19.1 Å². The SMILES string of the molecule is CCNC(=O)c1noc(-c2cc(C(C)C)c(OCc3ccccc3)cc2OCc2ccccc2)c1-c1ccc(CNCCCCCCNC(=O)O)cc1. The zero-order valence-corrected chi connectivity index (χ0v) is 30.8. The van der Waals surface area contributed by atoms with E-state index in [-0.39, 0.29) is 17.5 Å². The highest BCUT2D eigenvalue weighted by molar-refractivity contribution is 6.02. The van der Waals surface area contributed by atoms with Gasteiger partial charge in [0.25, 0.3) is 5.91 Å². The highest BCUT2D eigenvalue weighted by Crippen LogP contribution is 2.44. The number of nitrogens with one attached hydrogen (secondary N) is 3. The van der Waals surface area contributed by atoms with Crippen molar-refractivity contribution in [3.05, 3.63) is 125 Å². The molecule has 0 fully saturated rings. The second-order valence-electron chi connectivity index (χ2n) is 13.2. The standard InChI is InChI=1S/C43H50N4O6/c1-4-45-42(48)40-39(34-21-19-31(20-22-34)27-44-23-13-5-6-14-24-46-43(49)50)41(53-47-40)36-25-35(30(2)3)37(51-28-32-15-9-7-10-16-32)26-38(36)52-29-33-17-11-8-12-18-33/h7-12,15-22,25-26,30,44,46H,4-6,13-14,23-24,27-29H2,1-3H3,(H,45,48)(H,49,50). The van der Waals surface area contributed by atoms with Gasteiger partial charge in [0.1, 0.15) is 24.7 Å². The number of carboxylic acid groups (broad SMARTS) is 1. The molecule has 0 bridgehead atoms. The van der Waals surface area contributed by atoms with Gasteiger partial charge in [0.15, 0.2) is 11.5 Å². The lowest BCUT2D eigenvalue weighted by Crippen LogP contribution is -2.23. The monoisotopic (exact) mass is 718 g/mol. The fourth-order valence-electron chi connectivity index (χ4n) is 6.01. The molecule has 53 heavy (non-hydrogen) atoms. The van der Waals surface area contributed by atoms with Crippen LogP contribution in [0.2, 0.25) is 0 Å². The molecule has 5 rings (SSSR count). The fourth-order valence-corrected chi connectivity index (χ4v) is 6.01. The second kappa shape index (κ2) is 19.8. The molecule has 0 spiro atoms. The maximum atomic E-state index is 13.4. The van der Waals surface area contributed by atoms with Crippen LogP contribution in [-0.2, 0) is 19.8 Å². The molecule has 0 aliphatic carbocycles. The Bertz CT molecular complexity index is 1890. The number of benzene rings is 4. The van der Waals surface area contributed by atoms with Gasteiger partial charge in [0.2, 0.25) is 0 Å². The van der Waals surface area contributed by atoms with Crippen molar-refractivity contribution in [3.63, 3.8) is 0 Å². The summed E-state index contributed by atoms with van der Waals surface area (Å²) in [5, 5.41) is 21.8. The van der Waals surface area contributed by atoms with Crippen LogP contribution in [0.4, 0.5) is 4.79 Å². The Kier molecular flexibility index (Phi) is 14.5. The summed E-state index contributed by atoms with van der Waals surface area (Å²) in [4.78, 5) is 24.0.